The summed E-state index contributed by atoms with van der Waals surface area (Å²) in [5.74, 6) is -1.28. The largest absolute Gasteiger partial charge is 0.462 e. The molecule has 0 saturated carbocycles. The summed E-state index contributed by atoms with van der Waals surface area (Å²) in [5.41, 5.74) is 2.35. The predicted octanol–water partition coefficient (Wildman–Crippen LogP) is 3.75. The van der Waals surface area contributed by atoms with E-state index in [1.165, 1.54) is 4.90 Å². The highest BCUT2D eigenvalue weighted by molar-refractivity contribution is 6.22. The fraction of sp³-hybridized carbons (Fsp3) is 0.333. The van der Waals surface area contributed by atoms with Gasteiger partial charge in [-0.1, -0.05) is 17.7 Å². The molecule has 168 valence electrons. The maximum absolute atomic E-state index is 13.1. The number of imide groups is 1. The second-order valence-electron chi connectivity index (χ2n) is 7.86. The van der Waals surface area contributed by atoms with Gasteiger partial charge in [0.05, 0.1) is 24.3 Å². The van der Waals surface area contributed by atoms with Crippen molar-refractivity contribution in [2.75, 3.05) is 16.8 Å². The first-order chi connectivity index (χ1) is 15.2. The third-order valence-electron chi connectivity index (χ3n) is 5.16. The van der Waals surface area contributed by atoms with E-state index in [2.05, 4.69) is 5.32 Å². The lowest BCUT2D eigenvalue weighted by Gasteiger charge is -2.25. The molecule has 0 aliphatic carbocycles. The van der Waals surface area contributed by atoms with Crippen LogP contribution in [0.25, 0.3) is 0 Å². The van der Waals surface area contributed by atoms with Crippen LogP contribution < -0.4 is 10.2 Å². The normalized spacial score (nSPS) is 16.0. The van der Waals surface area contributed by atoms with Crippen molar-refractivity contribution in [3.63, 3.8) is 0 Å². The van der Waals surface area contributed by atoms with Crippen LogP contribution >= 0.6 is 0 Å². The Morgan fingerprint density at radius 1 is 1.03 bits per heavy atom. The van der Waals surface area contributed by atoms with Crippen molar-refractivity contribution in [2.24, 2.45) is 0 Å². The third-order valence-corrected chi connectivity index (χ3v) is 5.16. The minimum Gasteiger partial charge on any atom is -0.462 e. The first-order valence-electron chi connectivity index (χ1n) is 10.5. The van der Waals surface area contributed by atoms with Gasteiger partial charge in [-0.3, -0.25) is 9.59 Å². The summed E-state index contributed by atoms with van der Waals surface area (Å²) in [6.07, 6.45) is -0.176. The Morgan fingerprint density at radius 3 is 2.22 bits per heavy atom. The molecule has 0 radical (unpaired) electrons. The summed E-state index contributed by atoms with van der Waals surface area (Å²) < 4.78 is 4.94. The van der Waals surface area contributed by atoms with Gasteiger partial charge in [-0.05, 0) is 64.1 Å². The molecule has 0 spiro atoms. The van der Waals surface area contributed by atoms with E-state index in [-0.39, 0.29) is 19.1 Å². The number of anilines is 2. The first-order valence-corrected chi connectivity index (χ1v) is 10.5. The molecule has 8 heteroatoms. The van der Waals surface area contributed by atoms with Crippen molar-refractivity contribution in [1.29, 1.82) is 0 Å². The van der Waals surface area contributed by atoms with Gasteiger partial charge in [-0.15, -0.1) is 0 Å². The summed E-state index contributed by atoms with van der Waals surface area (Å²) in [7, 11) is 0. The number of benzene rings is 2. The maximum Gasteiger partial charge on any atom is 0.338 e. The fourth-order valence-electron chi connectivity index (χ4n) is 3.60. The van der Waals surface area contributed by atoms with E-state index in [9.17, 15) is 19.2 Å². The van der Waals surface area contributed by atoms with Crippen molar-refractivity contribution in [1.82, 2.24) is 4.90 Å². The zero-order valence-corrected chi connectivity index (χ0v) is 18.6. The average Bonchev–Trinajstić information content (AvgIpc) is 2.99. The monoisotopic (exact) mass is 437 g/mol. The summed E-state index contributed by atoms with van der Waals surface area (Å²) in [4.78, 5) is 53.1. The highest BCUT2D eigenvalue weighted by atomic mass is 16.5. The van der Waals surface area contributed by atoms with E-state index in [4.69, 9.17) is 4.74 Å². The van der Waals surface area contributed by atoms with Gasteiger partial charge in [0.1, 0.15) is 6.04 Å². The standard InChI is InChI=1S/C24H27N3O5/c1-5-32-23(30)17-8-10-18(11-9-17)25-21(28)14-20-22(29)27(24(31)26(20)15(2)3)19-12-6-16(4)7-13-19/h6-13,15,20H,5,14H2,1-4H3,(H,25,28)/t20-/m1/s1. The Hall–Kier alpha value is -3.68. The lowest BCUT2D eigenvalue weighted by molar-refractivity contribution is -0.124. The SMILES string of the molecule is CCOC(=O)c1ccc(NC(=O)C[C@@H]2C(=O)N(c3ccc(C)cc3)C(=O)N2C(C)C)cc1. The minimum atomic E-state index is -0.900. The number of esters is 1. The molecule has 1 saturated heterocycles. The quantitative estimate of drug-likeness (QED) is 0.526. The van der Waals surface area contributed by atoms with Gasteiger partial charge in [0.15, 0.2) is 0 Å². The van der Waals surface area contributed by atoms with Crippen LogP contribution in [0.1, 0.15) is 43.1 Å². The molecule has 2 aromatic rings. The maximum atomic E-state index is 13.1. The number of ether oxygens (including phenoxy) is 1. The highest BCUT2D eigenvalue weighted by Gasteiger charge is 2.47. The molecule has 1 atom stereocenters. The number of carbonyl (C=O) groups is 4. The number of carbonyl (C=O) groups excluding carboxylic acids is 4. The Bertz CT molecular complexity index is 1010. The molecule has 1 aliphatic rings. The molecule has 1 N–H and O–H groups in total. The van der Waals surface area contributed by atoms with E-state index >= 15 is 0 Å². The summed E-state index contributed by atoms with van der Waals surface area (Å²) in [6, 6.07) is 11.8. The molecule has 8 nitrogen and oxygen atoms in total. The number of urea groups is 1. The van der Waals surface area contributed by atoms with Crippen molar-refractivity contribution in [2.45, 2.75) is 46.2 Å². The Kier molecular flexibility index (Phi) is 6.92. The highest BCUT2D eigenvalue weighted by Crippen LogP contribution is 2.29. The summed E-state index contributed by atoms with van der Waals surface area (Å²) in [5, 5.41) is 2.72. The second-order valence-corrected chi connectivity index (χ2v) is 7.86. The van der Waals surface area contributed by atoms with Crippen LogP contribution in [0.3, 0.4) is 0 Å². The lowest BCUT2D eigenvalue weighted by Crippen LogP contribution is -2.42. The van der Waals surface area contributed by atoms with Crippen LogP contribution in [0.15, 0.2) is 48.5 Å². The van der Waals surface area contributed by atoms with Gasteiger partial charge >= 0.3 is 12.0 Å². The van der Waals surface area contributed by atoms with Crippen LogP contribution in [-0.2, 0) is 14.3 Å². The number of nitrogens with zero attached hydrogens (tertiary/aromatic N) is 2. The number of hydrogen-bond acceptors (Lipinski definition) is 5. The van der Waals surface area contributed by atoms with Crippen LogP contribution in [0.5, 0.6) is 0 Å². The van der Waals surface area contributed by atoms with Gasteiger partial charge in [0, 0.05) is 11.7 Å². The molecular weight excluding hydrogens is 410 g/mol. The van der Waals surface area contributed by atoms with Crippen molar-refractivity contribution in [3.8, 4) is 0 Å². The van der Waals surface area contributed by atoms with Crippen molar-refractivity contribution in [3.05, 3.63) is 59.7 Å². The van der Waals surface area contributed by atoms with E-state index in [1.54, 1.807) is 43.3 Å². The topological polar surface area (TPSA) is 96.0 Å². The first kappa shape index (κ1) is 23.0. The molecular formula is C24H27N3O5. The molecule has 0 unspecified atom stereocenters. The number of aryl methyl sites for hydroxylation is 1. The average molecular weight is 437 g/mol. The molecule has 32 heavy (non-hydrogen) atoms. The molecule has 3 rings (SSSR count). The van der Waals surface area contributed by atoms with Gasteiger partial charge in [-0.2, -0.15) is 0 Å². The van der Waals surface area contributed by atoms with E-state index in [1.807, 2.05) is 32.9 Å². The molecule has 1 aliphatic heterocycles. The number of amides is 4. The Balaban J connectivity index is 1.73. The van der Waals surface area contributed by atoms with Crippen LogP contribution in [-0.4, -0.2) is 47.4 Å². The lowest BCUT2D eigenvalue weighted by atomic mass is 10.1. The molecule has 2 aromatic carbocycles. The second kappa shape index (κ2) is 9.64. The zero-order valence-electron chi connectivity index (χ0n) is 18.6. The van der Waals surface area contributed by atoms with Crippen molar-refractivity contribution < 1.29 is 23.9 Å². The van der Waals surface area contributed by atoms with Gasteiger partial charge in [0.2, 0.25) is 5.91 Å². The molecule has 4 amide bonds. The van der Waals surface area contributed by atoms with Crippen LogP contribution in [0, 0.1) is 6.92 Å². The van der Waals surface area contributed by atoms with Crippen LogP contribution in [0.2, 0.25) is 0 Å². The molecule has 0 aromatic heterocycles. The minimum absolute atomic E-state index is 0.176. The fourth-order valence-corrected chi connectivity index (χ4v) is 3.60. The van der Waals surface area contributed by atoms with E-state index in [0.29, 0.717) is 16.9 Å². The molecule has 0 bridgehead atoms. The van der Waals surface area contributed by atoms with Gasteiger partial charge < -0.3 is 15.0 Å². The predicted molar refractivity (Wildman–Crippen MR) is 120 cm³/mol. The zero-order chi connectivity index (χ0) is 23.4. The number of rotatable bonds is 7. The van der Waals surface area contributed by atoms with Crippen LogP contribution in [0.4, 0.5) is 16.2 Å². The molecule has 1 heterocycles. The third kappa shape index (κ3) is 4.80. The van der Waals surface area contributed by atoms with E-state index in [0.717, 1.165) is 10.5 Å². The number of nitrogens with one attached hydrogen (secondary N) is 1. The number of hydrogen-bond donors (Lipinski definition) is 1. The van der Waals surface area contributed by atoms with Gasteiger partial charge in [0.25, 0.3) is 5.91 Å². The Labute approximate surface area is 187 Å². The van der Waals surface area contributed by atoms with E-state index < -0.39 is 29.9 Å². The summed E-state index contributed by atoms with van der Waals surface area (Å²) in [6.45, 7) is 7.54. The van der Waals surface area contributed by atoms with Crippen molar-refractivity contribution >= 4 is 35.2 Å². The van der Waals surface area contributed by atoms with Gasteiger partial charge in [-0.25, -0.2) is 14.5 Å². The summed E-state index contributed by atoms with van der Waals surface area (Å²) >= 11 is 0. The Morgan fingerprint density at radius 2 is 1.66 bits per heavy atom. The smallest absolute Gasteiger partial charge is 0.338 e. The molecule has 1 fully saturated rings.